The molecule has 2 rings (SSSR count). The first-order chi connectivity index (χ1) is 12.0. The second-order valence-corrected chi connectivity index (χ2v) is 5.35. The van der Waals surface area contributed by atoms with Crippen LogP contribution in [0.5, 0.6) is 11.5 Å². The van der Waals surface area contributed by atoms with E-state index in [1.807, 2.05) is 19.1 Å². The highest BCUT2D eigenvalue weighted by Crippen LogP contribution is 2.26. The topological polar surface area (TPSA) is 72.8 Å². The molecule has 0 bridgehead atoms. The van der Waals surface area contributed by atoms with Crippen molar-refractivity contribution in [2.45, 2.75) is 13.3 Å². The molecule has 1 N–H and O–H groups in total. The lowest BCUT2D eigenvalue weighted by atomic mass is 10.1. The molecule has 0 atom stereocenters. The van der Waals surface area contributed by atoms with E-state index in [9.17, 15) is 14.7 Å². The largest absolute Gasteiger partial charge is 0.504 e. The van der Waals surface area contributed by atoms with Gasteiger partial charge in [0.25, 0.3) is 0 Å². The Balaban J connectivity index is 1.90. The number of ether oxygens (including phenoxy) is 2. The van der Waals surface area contributed by atoms with Crippen LogP contribution in [-0.2, 0) is 16.0 Å². The Labute approximate surface area is 146 Å². The number of Topliss-reactive ketones (excluding diaryl/α,β-unsaturated/α-hetero) is 1. The van der Waals surface area contributed by atoms with E-state index in [2.05, 4.69) is 0 Å². The average Bonchev–Trinajstić information content (AvgIpc) is 2.65. The van der Waals surface area contributed by atoms with Gasteiger partial charge in [-0.2, -0.15) is 0 Å². The molecule has 0 fully saturated rings. The molecule has 0 saturated carbocycles. The summed E-state index contributed by atoms with van der Waals surface area (Å²) in [6.07, 6.45) is 3.64. The Bertz CT molecular complexity index is 775. The monoisotopic (exact) mass is 340 g/mol. The molecule has 0 saturated heterocycles. The van der Waals surface area contributed by atoms with E-state index in [-0.39, 0.29) is 18.1 Å². The second kappa shape index (κ2) is 8.68. The van der Waals surface area contributed by atoms with E-state index in [1.165, 1.54) is 25.3 Å². The van der Waals surface area contributed by atoms with Gasteiger partial charge in [0.15, 0.2) is 23.9 Å². The zero-order valence-corrected chi connectivity index (χ0v) is 14.2. The first-order valence-corrected chi connectivity index (χ1v) is 7.87. The van der Waals surface area contributed by atoms with Crippen LogP contribution in [0.15, 0.2) is 48.5 Å². The lowest BCUT2D eigenvalue weighted by Gasteiger charge is -2.04. The van der Waals surface area contributed by atoms with Gasteiger partial charge in [0, 0.05) is 11.6 Å². The number of methoxy groups -OCH3 is 1. The van der Waals surface area contributed by atoms with E-state index < -0.39 is 5.97 Å². The van der Waals surface area contributed by atoms with Gasteiger partial charge in [-0.25, -0.2) is 4.79 Å². The number of carbonyl (C=O) groups excluding carboxylic acids is 2. The van der Waals surface area contributed by atoms with E-state index in [1.54, 1.807) is 24.3 Å². The highest BCUT2D eigenvalue weighted by molar-refractivity contribution is 5.98. The van der Waals surface area contributed by atoms with E-state index in [0.29, 0.717) is 16.9 Å². The zero-order chi connectivity index (χ0) is 18.2. The van der Waals surface area contributed by atoms with Gasteiger partial charge in [0.05, 0.1) is 7.11 Å². The van der Waals surface area contributed by atoms with Crippen LogP contribution in [0.1, 0.15) is 28.4 Å². The molecular formula is C20H20O5. The predicted molar refractivity (Wildman–Crippen MR) is 94.8 cm³/mol. The highest BCUT2D eigenvalue weighted by Gasteiger charge is 2.08. The van der Waals surface area contributed by atoms with Crippen LogP contribution in [-0.4, -0.2) is 30.6 Å². The van der Waals surface area contributed by atoms with E-state index in [4.69, 9.17) is 9.47 Å². The maximum absolute atomic E-state index is 12.0. The molecule has 0 aliphatic heterocycles. The molecule has 0 radical (unpaired) electrons. The van der Waals surface area contributed by atoms with Crippen LogP contribution in [0.25, 0.3) is 6.08 Å². The Kier molecular flexibility index (Phi) is 6.34. The molecule has 0 amide bonds. The normalized spacial score (nSPS) is 10.6. The van der Waals surface area contributed by atoms with Crippen molar-refractivity contribution in [3.05, 3.63) is 65.2 Å². The number of phenolic OH excluding ortho intramolecular Hbond substituents is 1. The summed E-state index contributed by atoms with van der Waals surface area (Å²) in [5.41, 5.74) is 2.31. The lowest BCUT2D eigenvalue weighted by Crippen LogP contribution is -2.12. The van der Waals surface area contributed by atoms with Crippen molar-refractivity contribution < 1.29 is 24.2 Å². The molecule has 0 heterocycles. The van der Waals surface area contributed by atoms with Gasteiger partial charge in [0.1, 0.15) is 0 Å². The number of aryl methyl sites for hydroxylation is 1. The van der Waals surface area contributed by atoms with Gasteiger partial charge in [-0.1, -0.05) is 37.3 Å². The molecule has 0 aliphatic carbocycles. The smallest absolute Gasteiger partial charge is 0.331 e. The molecule has 0 unspecified atom stereocenters. The minimum Gasteiger partial charge on any atom is -0.504 e. The molecule has 2 aromatic carbocycles. The maximum atomic E-state index is 12.0. The summed E-state index contributed by atoms with van der Waals surface area (Å²) in [6.45, 7) is 1.72. The van der Waals surface area contributed by atoms with Crippen molar-refractivity contribution in [2.24, 2.45) is 0 Å². The van der Waals surface area contributed by atoms with Gasteiger partial charge in [0.2, 0.25) is 0 Å². The van der Waals surface area contributed by atoms with Crippen molar-refractivity contribution in [1.29, 1.82) is 0 Å². The third-order valence-corrected chi connectivity index (χ3v) is 3.65. The van der Waals surface area contributed by atoms with E-state index in [0.717, 1.165) is 12.0 Å². The number of phenols is 1. The minimum absolute atomic E-state index is 0.0157. The van der Waals surface area contributed by atoms with Gasteiger partial charge < -0.3 is 14.6 Å². The summed E-state index contributed by atoms with van der Waals surface area (Å²) < 4.78 is 9.95. The zero-order valence-electron chi connectivity index (χ0n) is 14.2. The van der Waals surface area contributed by atoms with Gasteiger partial charge in [-0.15, -0.1) is 0 Å². The van der Waals surface area contributed by atoms with Crippen LogP contribution in [0.2, 0.25) is 0 Å². The average molecular weight is 340 g/mol. The molecule has 0 aromatic heterocycles. The Hall–Kier alpha value is -3.08. The molecular weight excluding hydrogens is 320 g/mol. The fourth-order valence-corrected chi connectivity index (χ4v) is 2.16. The lowest BCUT2D eigenvalue weighted by molar-refractivity contribution is -0.136. The minimum atomic E-state index is -0.620. The van der Waals surface area contributed by atoms with Crippen LogP contribution in [0.3, 0.4) is 0 Å². The highest BCUT2D eigenvalue weighted by atomic mass is 16.5. The number of ketones is 1. The SMILES string of the molecule is CCc1ccc(C(=O)COC(=O)C=Cc2ccc(O)c(OC)c2)cc1. The van der Waals surface area contributed by atoms with Crippen molar-refractivity contribution in [3.63, 3.8) is 0 Å². The quantitative estimate of drug-likeness (QED) is 0.475. The van der Waals surface area contributed by atoms with Gasteiger partial charge in [-0.05, 0) is 35.8 Å². The molecule has 0 spiro atoms. The predicted octanol–water partition coefficient (Wildman–Crippen LogP) is 3.40. The molecule has 5 heteroatoms. The third-order valence-electron chi connectivity index (χ3n) is 3.65. The number of carbonyl (C=O) groups is 2. The summed E-state index contributed by atoms with van der Waals surface area (Å²) in [4.78, 5) is 23.7. The number of benzene rings is 2. The number of aromatic hydroxyl groups is 1. The van der Waals surface area contributed by atoms with Crippen LogP contribution >= 0.6 is 0 Å². The summed E-state index contributed by atoms with van der Waals surface area (Å²) in [7, 11) is 1.44. The molecule has 130 valence electrons. The summed E-state index contributed by atoms with van der Waals surface area (Å²) in [5.74, 6) is -0.551. The third kappa shape index (κ3) is 5.21. The fraction of sp³-hybridized carbons (Fsp3) is 0.200. The number of rotatable bonds is 7. The number of esters is 1. The molecule has 2 aromatic rings. The molecule has 25 heavy (non-hydrogen) atoms. The van der Waals surface area contributed by atoms with Crippen molar-refractivity contribution in [3.8, 4) is 11.5 Å². The molecule has 5 nitrogen and oxygen atoms in total. The standard InChI is InChI=1S/C20H20O5/c1-3-14-4-8-16(9-5-14)18(22)13-25-20(23)11-7-15-6-10-17(21)19(12-15)24-2/h4-12,21H,3,13H2,1-2H3. The summed E-state index contributed by atoms with van der Waals surface area (Å²) in [6, 6.07) is 11.9. The number of hydrogen-bond acceptors (Lipinski definition) is 5. The Morgan fingerprint density at radius 2 is 1.84 bits per heavy atom. The summed E-state index contributed by atoms with van der Waals surface area (Å²) >= 11 is 0. The first-order valence-electron chi connectivity index (χ1n) is 7.87. The summed E-state index contributed by atoms with van der Waals surface area (Å²) in [5, 5.41) is 9.52. The molecule has 0 aliphatic rings. The van der Waals surface area contributed by atoms with Crippen molar-refractivity contribution in [2.75, 3.05) is 13.7 Å². The van der Waals surface area contributed by atoms with Crippen molar-refractivity contribution in [1.82, 2.24) is 0 Å². The second-order valence-electron chi connectivity index (χ2n) is 5.35. The van der Waals surface area contributed by atoms with Crippen LogP contribution in [0, 0.1) is 0 Å². The fourth-order valence-electron chi connectivity index (χ4n) is 2.16. The first kappa shape index (κ1) is 18.3. The van der Waals surface area contributed by atoms with E-state index >= 15 is 0 Å². The van der Waals surface area contributed by atoms with Crippen molar-refractivity contribution >= 4 is 17.8 Å². The number of hydrogen-bond donors (Lipinski definition) is 1. The maximum Gasteiger partial charge on any atom is 0.331 e. The van der Waals surface area contributed by atoms with Gasteiger partial charge >= 0.3 is 5.97 Å². The van der Waals surface area contributed by atoms with Gasteiger partial charge in [-0.3, -0.25) is 4.79 Å². The Morgan fingerprint density at radius 3 is 2.48 bits per heavy atom. The Morgan fingerprint density at radius 1 is 1.12 bits per heavy atom. The van der Waals surface area contributed by atoms with Crippen LogP contribution in [0.4, 0.5) is 0 Å². The van der Waals surface area contributed by atoms with Crippen LogP contribution < -0.4 is 4.74 Å².